The Balaban J connectivity index is 2.13. The Morgan fingerprint density at radius 2 is 1.55 bits per heavy atom. The molecule has 4 N–H and O–H groups in total. The van der Waals surface area contributed by atoms with Gasteiger partial charge >= 0.3 is 6.18 Å². The van der Waals surface area contributed by atoms with Crippen molar-refractivity contribution in [3.05, 3.63) is 71.0 Å². The van der Waals surface area contributed by atoms with Crippen LogP contribution in [0.4, 0.5) is 17.6 Å². The van der Waals surface area contributed by atoms with Gasteiger partial charge < -0.3 is 16.4 Å². The fourth-order valence-corrected chi connectivity index (χ4v) is 2.91. The Kier molecular flexibility index (Phi) is 7.73. The van der Waals surface area contributed by atoms with E-state index < -0.39 is 47.4 Å². The molecule has 0 aliphatic rings. The maximum Gasteiger partial charge on any atom is 0.416 e. The van der Waals surface area contributed by atoms with Crippen LogP contribution >= 0.6 is 0 Å². The monoisotopic (exact) mass is 439 g/mol. The minimum atomic E-state index is -4.50. The maximum atomic E-state index is 13.4. The molecule has 2 aromatic carbocycles. The highest BCUT2D eigenvalue weighted by Gasteiger charge is 2.30. The number of carbonyl (C=O) groups is 3. The van der Waals surface area contributed by atoms with Gasteiger partial charge in [0.05, 0.1) is 5.56 Å². The van der Waals surface area contributed by atoms with Gasteiger partial charge in [0.2, 0.25) is 17.7 Å². The molecule has 166 valence electrons. The van der Waals surface area contributed by atoms with Gasteiger partial charge in [0.25, 0.3) is 0 Å². The number of benzene rings is 2. The van der Waals surface area contributed by atoms with Gasteiger partial charge in [0, 0.05) is 19.8 Å². The lowest BCUT2D eigenvalue weighted by molar-refractivity contribution is -0.137. The Labute approximate surface area is 175 Å². The Hall–Kier alpha value is -3.43. The molecule has 0 aliphatic carbocycles. The highest BCUT2D eigenvalue weighted by Crippen LogP contribution is 2.29. The first-order chi connectivity index (χ1) is 14.5. The minimum absolute atomic E-state index is 0.0467. The predicted octanol–water partition coefficient (Wildman–Crippen LogP) is 2.10. The number of amides is 3. The van der Waals surface area contributed by atoms with Crippen LogP contribution in [-0.4, -0.2) is 29.8 Å². The SMILES string of the molecule is CC(=O)N[C@H](Cc1cccc(F)c1)C(=O)N[C@@H](Cc1ccc(C(F)(F)F)cc1)C(N)=O. The van der Waals surface area contributed by atoms with Crippen LogP contribution < -0.4 is 16.4 Å². The molecule has 6 nitrogen and oxygen atoms in total. The molecule has 0 unspecified atom stereocenters. The summed E-state index contributed by atoms with van der Waals surface area (Å²) in [6.45, 7) is 1.19. The topological polar surface area (TPSA) is 101 Å². The van der Waals surface area contributed by atoms with Gasteiger partial charge in [-0.3, -0.25) is 14.4 Å². The van der Waals surface area contributed by atoms with Crippen molar-refractivity contribution in [2.75, 3.05) is 0 Å². The standard InChI is InChI=1S/C21H21F4N3O3/c1-12(29)27-18(11-14-3-2-4-16(22)9-14)20(31)28-17(19(26)30)10-13-5-7-15(8-6-13)21(23,24)25/h2-9,17-18H,10-11H2,1H3,(H2,26,30)(H,27,29)(H,28,31)/t17-,18+/m0/s1. The number of hydrogen-bond donors (Lipinski definition) is 3. The summed E-state index contributed by atoms with van der Waals surface area (Å²) in [4.78, 5) is 36.0. The summed E-state index contributed by atoms with van der Waals surface area (Å²) in [6.07, 6.45) is -4.70. The number of nitrogens with one attached hydrogen (secondary N) is 2. The number of rotatable bonds is 8. The summed E-state index contributed by atoms with van der Waals surface area (Å²) in [6, 6.07) is 7.19. The van der Waals surface area contributed by atoms with Crippen LogP contribution in [0, 0.1) is 5.82 Å². The lowest BCUT2D eigenvalue weighted by atomic mass is 10.0. The first-order valence-electron chi connectivity index (χ1n) is 9.23. The molecule has 0 aliphatic heterocycles. The van der Waals surface area contributed by atoms with Crippen LogP contribution in [0.3, 0.4) is 0 Å². The van der Waals surface area contributed by atoms with Gasteiger partial charge in [0.1, 0.15) is 17.9 Å². The van der Waals surface area contributed by atoms with E-state index in [1.807, 2.05) is 0 Å². The van der Waals surface area contributed by atoms with E-state index in [4.69, 9.17) is 5.73 Å². The van der Waals surface area contributed by atoms with Crippen LogP contribution in [0.25, 0.3) is 0 Å². The molecule has 3 amide bonds. The number of carbonyl (C=O) groups excluding carboxylic acids is 3. The average Bonchev–Trinajstić information content (AvgIpc) is 2.66. The number of halogens is 4. The fourth-order valence-electron chi connectivity index (χ4n) is 2.91. The second kappa shape index (κ2) is 10.1. The van der Waals surface area contributed by atoms with Crippen molar-refractivity contribution in [3.63, 3.8) is 0 Å². The number of alkyl halides is 3. The molecule has 0 bridgehead atoms. The van der Waals surface area contributed by atoms with E-state index in [2.05, 4.69) is 10.6 Å². The van der Waals surface area contributed by atoms with E-state index in [1.54, 1.807) is 6.07 Å². The maximum absolute atomic E-state index is 13.4. The fraction of sp³-hybridized carbons (Fsp3) is 0.286. The van der Waals surface area contributed by atoms with Crippen molar-refractivity contribution in [3.8, 4) is 0 Å². The van der Waals surface area contributed by atoms with Gasteiger partial charge in [-0.1, -0.05) is 24.3 Å². The summed E-state index contributed by atoms with van der Waals surface area (Å²) >= 11 is 0. The molecule has 31 heavy (non-hydrogen) atoms. The van der Waals surface area contributed by atoms with Crippen molar-refractivity contribution < 1.29 is 31.9 Å². The third-order valence-corrected chi connectivity index (χ3v) is 4.40. The van der Waals surface area contributed by atoms with Crippen molar-refractivity contribution >= 4 is 17.7 Å². The van der Waals surface area contributed by atoms with Crippen LogP contribution in [0.2, 0.25) is 0 Å². The van der Waals surface area contributed by atoms with Crippen LogP contribution in [-0.2, 0) is 33.4 Å². The highest BCUT2D eigenvalue weighted by molar-refractivity contribution is 5.91. The van der Waals surface area contributed by atoms with E-state index in [0.29, 0.717) is 11.1 Å². The molecule has 0 aromatic heterocycles. The Bertz CT molecular complexity index is 946. The summed E-state index contributed by atoms with van der Waals surface area (Å²) in [5, 5.41) is 4.84. The number of hydrogen-bond acceptors (Lipinski definition) is 3. The molecule has 10 heteroatoms. The van der Waals surface area contributed by atoms with E-state index in [0.717, 1.165) is 12.1 Å². The molecule has 0 saturated heterocycles. The summed E-state index contributed by atoms with van der Waals surface area (Å²) < 4.78 is 51.5. The lowest BCUT2D eigenvalue weighted by Gasteiger charge is -2.22. The van der Waals surface area contributed by atoms with Gasteiger partial charge in [-0.05, 0) is 35.4 Å². The van der Waals surface area contributed by atoms with Crippen molar-refractivity contribution in [2.45, 2.75) is 38.0 Å². The van der Waals surface area contributed by atoms with Gasteiger partial charge in [-0.25, -0.2) is 4.39 Å². The summed E-state index contributed by atoms with van der Waals surface area (Å²) in [5.41, 5.74) is 5.27. The Morgan fingerprint density at radius 3 is 2.06 bits per heavy atom. The normalized spacial score (nSPS) is 13.2. The van der Waals surface area contributed by atoms with Crippen LogP contribution in [0.15, 0.2) is 48.5 Å². The van der Waals surface area contributed by atoms with E-state index in [-0.39, 0.29) is 12.8 Å². The average molecular weight is 439 g/mol. The van der Waals surface area contributed by atoms with E-state index >= 15 is 0 Å². The zero-order chi connectivity index (χ0) is 23.2. The quantitative estimate of drug-likeness (QED) is 0.549. The lowest BCUT2D eigenvalue weighted by Crippen LogP contribution is -2.54. The van der Waals surface area contributed by atoms with Gasteiger partial charge in [-0.15, -0.1) is 0 Å². The molecule has 0 radical (unpaired) electrons. The van der Waals surface area contributed by atoms with Crippen LogP contribution in [0.5, 0.6) is 0 Å². The van der Waals surface area contributed by atoms with Crippen molar-refractivity contribution in [1.29, 1.82) is 0 Å². The van der Waals surface area contributed by atoms with E-state index in [9.17, 15) is 31.9 Å². The third kappa shape index (κ3) is 7.40. The largest absolute Gasteiger partial charge is 0.416 e. The molecule has 2 atom stereocenters. The zero-order valence-corrected chi connectivity index (χ0v) is 16.5. The Morgan fingerprint density at radius 1 is 0.935 bits per heavy atom. The third-order valence-electron chi connectivity index (χ3n) is 4.40. The molecule has 0 saturated carbocycles. The second-order valence-corrected chi connectivity index (χ2v) is 6.95. The molecular weight excluding hydrogens is 418 g/mol. The van der Waals surface area contributed by atoms with Crippen molar-refractivity contribution in [2.24, 2.45) is 5.73 Å². The van der Waals surface area contributed by atoms with Crippen LogP contribution in [0.1, 0.15) is 23.6 Å². The first kappa shape index (κ1) is 23.8. The summed E-state index contributed by atoms with van der Waals surface area (Å²) in [5.74, 6) is -2.68. The number of nitrogens with two attached hydrogens (primary N) is 1. The van der Waals surface area contributed by atoms with Gasteiger partial charge in [0.15, 0.2) is 0 Å². The predicted molar refractivity (Wildman–Crippen MR) is 104 cm³/mol. The zero-order valence-electron chi connectivity index (χ0n) is 16.5. The molecule has 2 rings (SSSR count). The molecule has 0 fully saturated rings. The first-order valence-corrected chi connectivity index (χ1v) is 9.23. The molecule has 2 aromatic rings. The van der Waals surface area contributed by atoms with Gasteiger partial charge in [-0.2, -0.15) is 13.2 Å². The molecular formula is C21H21F4N3O3. The van der Waals surface area contributed by atoms with E-state index in [1.165, 1.54) is 37.3 Å². The second-order valence-electron chi connectivity index (χ2n) is 6.95. The minimum Gasteiger partial charge on any atom is -0.368 e. The molecule has 0 heterocycles. The van der Waals surface area contributed by atoms with Crippen molar-refractivity contribution in [1.82, 2.24) is 10.6 Å². The smallest absolute Gasteiger partial charge is 0.368 e. The molecule has 0 spiro atoms. The highest BCUT2D eigenvalue weighted by atomic mass is 19.4. The summed E-state index contributed by atoms with van der Waals surface area (Å²) in [7, 11) is 0. The number of primary amides is 1.